The lowest BCUT2D eigenvalue weighted by atomic mass is 9.96. The van der Waals surface area contributed by atoms with Gasteiger partial charge in [0.15, 0.2) is 0 Å². The van der Waals surface area contributed by atoms with E-state index in [1.54, 1.807) is 20.8 Å². The van der Waals surface area contributed by atoms with Gasteiger partial charge in [-0.15, -0.1) is 0 Å². The molecule has 0 bridgehead atoms. The lowest BCUT2D eigenvalue weighted by molar-refractivity contribution is -0.401. The summed E-state index contributed by atoms with van der Waals surface area (Å²) < 4.78 is 6.61. The third-order valence-corrected chi connectivity index (χ3v) is 2.40. The first-order valence-electron chi connectivity index (χ1n) is 6.55. The lowest BCUT2D eigenvalue weighted by Gasteiger charge is -2.24. The van der Waals surface area contributed by atoms with Gasteiger partial charge in [0.1, 0.15) is 11.4 Å². The first kappa shape index (κ1) is 16.9. The van der Waals surface area contributed by atoms with E-state index < -0.39 is 22.0 Å². The van der Waals surface area contributed by atoms with Gasteiger partial charge in [-0.2, -0.15) is 0 Å². The Bertz CT molecular complexity index is 574. The molecule has 116 valence electrons. The van der Waals surface area contributed by atoms with Gasteiger partial charge in [0, 0.05) is 11.5 Å². The fraction of sp³-hybridized carbons (Fsp3) is 0.571. The van der Waals surface area contributed by atoms with Crippen molar-refractivity contribution in [2.75, 3.05) is 0 Å². The van der Waals surface area contributed by atoms with Crippen LogP contribution < -0.4 is 0 Å². The molecule has 0 radical (unpaired) electrons. The van der Waals surface area contributed by atoms with Crippen molar-refractivity contribution < 1.29 is 14.5 Å². The maximum Gasteiger partial charge on any atom is 0.420 e. The fourth-order valence-corrected chi connectivity index (χ4v) is 1.65. The summed E-state index contributed by atoms with van der Waals surface area (Å²) >= 11 is 0. The highest BCUT2D eigenvalue weighted by molar-refractivity contribution is 5.75. The zero-order valence-corrected chi connectivity index (χ0v) is 13.2. The predicted molar refractivity (Wildman–Crippen MR) is 78.6 cm³/mol. The third kappa shape index (κ3) is 4.70. The number of rotatable bonds is 2. The number of carbonyl (C=O) groups is 1. The van der Waals surface area contributed by atoms with Crippen molar-refractivity contribution in [3.8, 4) is 0 Å². The van der Waals surface area contributed by atoms with Crippen molar-refractivity contribution in [2.24, 2.45) is 0 Å². The van der Waals surface area contributed by atoms with Gasteiger partial charge in [-0.3, -0.25) is 10.1 Å². The van der Waals surface area contributed by atoms with Gasteiger partial charge >= 0.3 is 6.09 Å². The number of ether oxygens (including phenoxy) is 1. The molecule has 0 amide bonds. The van der Waals surface area contributed by atoms with Crippen LogP contribution in [0.1, 0.15) is 53.1 Å². The molecule has 0 aliphatic rings. The second-order valence-corrected chi connectivity index (χ2v) is 6.67. The summed E-state index contributed by atoms with van der Waals surface area (Å²) in [5.74, 6) is 0.486. The molecule has 0 aliphatic carbocycles. The Hall–Kier alpha value is -2.18. The van der Waals surface area contributed by atoms with Gasteiger partial charge in [0.25, 0.3) is 0 Å². The zero-order valence-electron chi connectivity index (χ0n) is 13.2. The van der Waals surface area contributed by atoms with Crippen molar-refractivity contribution in [3.63, 3.8) is 0 Å². The van der Waals surface area contributed by atoms with E-state index in [9.17, 15) is 14.9 Å². The highest BCUT2D eigenvalue weighted by atomic mass is 16.6. The Morgan fingerprint density at radius 2 is 1.90 bits per heavy atom. The number of imidazole rings is 1. The largest absolute Gasteiger partial charge is 0.443 e. The van der Waals surface area contributed by atoms with Crippen LogP contribution in [0.5, 0.6) is 0 Å². The average Bonchev–Trinajstić information content (AvgIpc) is 2.66. The summed E-state index contributed by atoms with van der Waals surface area (Å²) in [6, 6.07) is 0. The minimum atomic E-state index is -0.666. The summed E-state index contributed by atoms with van der Waals surface area (Å²) in [7, 11) is 0. The second kappa shape index (κ2) is 5.67. The Balaban J connectivity index is 3.33. The van der Waals surface area contributed by atoms with Crippen LogP contribution >= 0.6 is 0 Å². The molecule has 1 aromatic rings. The van der Waals surface area contributed by atoms with Crippen LogP contribution in [0.4, 0.5) is 4.79 Å². The Morgan fingerprint density at radius 3 is 2.33 bits per heavy atom. The number of nitrogens with zero attached hydrogens (tertiary/aromatic N) is 3. The number of hydrogen-bond acceptors (Lipinski definition) is 5. The standard InChI is InChI=1S/C14H21N3O4/c1-13(2,3)11-15-9-10(7-8-16(19)20)17(11)12(18)21-14(4,5)6/h7-9H,1-6H3/b8-7+. The van der Waals surface area contributed by atoms with Gasteiger partial charge < -0.3 is 4.74 Å². The first-order valence-corrected chi connectivity index (χ1v) is 6.55. The number of carbonyl (C=O) groups excluding carboxylic acids is 1. The fourth-order valence-electron chi connectivity index (χ4n) is 1.65. The maximum absolute atomic E-state index is 12.4. The van der Waals surface area contributed by atoms with Crippen molar-refractivity contribution >= 4 is 12.2 Å². The van der Waals surface area contributed by atoms with Gasteiger partial charge in [-0.05, 0) is 20.8 Å². The molecule has 1 aromatic heterocycles. The maximum atomic E-state index is 12.4. The van der Waals surface area contributed by atoms with Gasteiger partial charge in [0.05, 0.1) is 16.8 Å². The highest BCUT2D eigenvalue weighted by Crippen LogP contribution is 2.24. The van der Waals surface area contributed by atoms with E-state index in [4.69, 9.17) is 4.74 Å². The van der Waals surface area contributed by atoms with Gasteiger partial charge in [-0.25, -0.2) is 14.3 Å². The molecule has 0 saturated heterocycles. The van der Waals surface area contributed by atoms with E-state index in [-0.39, 0.29) is 0 Å². The number of aromatic nitrogens is 2. The molecule has 0 saturated carbocycles. The summed E-state index contributed by atoms with van der Waals surface area (Å²) in [6.45, 7) is 11.0. The van der Waals surface area contributed by atoms with Crippen LogP contribution in [0, 0.1) is 10.1 Å². The molecule has 0 aromatic carbocycles. The molecule has 1 heterocycles. The monoisotopic (exact) mass is 295 g/mol. The molecule has 0 spiro atoms. The highest BCUT2D eigenvalue weighted by Gasteiger charge is 2.28. The first-order chi connectivity index (χ1) is 9.42. The van der Waals surface area contributed by atoms with E-state index in [0.29, 0.717) is 11.5 Å². The van der Waals surface area contributed by atoms with Crippen molar-refractivity contribution in [1.82, 2.24) is 9.55 Å². The molecule has 0 aliphatic heterocycles. The topological polar surface area (TPSA) is 87.3 Å². The van der Waals surface area contributed by atoms with Crippen LogP contribution in [-0.4, -0.2) is 26.2 Å². The van der Waals surface area contributed by atoms with E-state index in [1.807, 2.05) is 20.8 Å². The molecule has 0 atom stereocenters. The smallest absolute Gasteiger partial charge is 0.420 e. The van der Waals surface area contributed by atoms with Crippen molar-refractivity contribution in [3.05, 3.63) is 34.0 Å². The minimum absolute atomic E-state index is 0.311. The van der Waals surface area contributed by atoms with Crippen LogP contribution in [0.25, 0.3) is 6.08 Å². The number of hydrogen-bond donors (Lipinski definition) is 0. The summed E-state index contributed by atoms with van der Waals surface area (Å²) in [6.07, 6.45) is 2.81. The average molecular weight is 295 g/mol. The third-order valence-electron chi connectivity index (χ3n) is 2.40. The predicted octanol–water partition coefficient (Wildman–Crippen LogP) is 3.21. The molecule has 0 N–H and O–H groups in total. The molecule has 1 rings (SSSR count). The molecule has 0 fully saturated rings. The lowest BCUT2D eigenvalue weighted by Crippen LogP contribution is -2.31. The Morgan fingerprint density at radius 1 is 1.33 bits per heavy atom. The normalized spacial score (nSPS) is 12.7. The Labute approximate surface area is 123 Å². The second-order valence-electron chi connectivity index (χ2n) is 6.67. The summed E-state index contributed by atoms with van der Waals surface area (Å²) in [4.78, 5) is 26.4. The van der Waals surface area contributed by atoms with Crippen LogP contribution in [-0.2, 0) is 10.2 Å². The SMILES string of the molecule is CC(C)(C)OC(=O)n1c(/C=C/[N+](=O)[O-])cnc1C(C)(C)C. The molecular weight excluding hydrogens is 274 g/mol. The van der Waals surface area contributed by atoms with Crippen molar-refractivity contribution in [2.45, 2.75) is 52.6 Å². The van der Waals surface area contributed by atoms with E-state index >= 15 is 0 Å². The molecular formula is C14H21N3O4. The molecule has 0 unspecified atom stereocenters. The van der Waals surface area contributed by atoms with E-state index in [0.717, 1.165) is 6.20 Å². The van der Waals surface area contributed by atoms with E-state index in [2.05, 4.69) is 4.98 Å². The summed E-state index contributed by atoms with van der Waals surface area (Å²) in [5, 5.41) is 10.5. The quantitative estimate of drug-likeness (QED) is 0.617. The Kier molecular flexibility index (Phi) is 4.56. The van der Waals surface area contributed by atoms with Crippen LogP contribution in [0.3, 0.4) is 0 Å². The zero-order chi connectivity index (χ0) is 16.4. The number of nitro groups is 1. The van der Waals surface area contributed by atoms with Crippen LogP contribution in [0.15, 0.2) is 12.4 Å². The van der Waals surface area contributed by atoms with E-state index in [1.165, 1.54) is 16.8 Å². The molecule has 7 heteroatoms. The van der Waals surface area contributed by atoms with Gasteiger partial charge in [0.2, 0.25) is 6.20 Å². The summed E-state index contributed by atoms with van der Waals surface area (Å²) in [5.41, 5.74) is -0.760. The minimum Gasteiger partial charge on any atom is -0.443 e. The molecule has 7 nitrogen and oxygen atoms in total. The molecule has 21 heavy (non-hydrogen) atoms. The van der Waals surface area contributed by atoms with Crippen molar-refractivity contribution in [1.29, 1.82) is 0 Å². The van der Waals surface area contributed by atoms with Crippen LogP contribution in [0.2, 0.25) is 0 Å². The van der Waals surface area contributed by atoms with Gasteiger partial charge in [-0.1, -0.05) is 20.8 Å².